The molecule has 0 aliphatic rings. The van der Waals surface area contributed by atoms with Gasteiger partial charge in [0.2, 0.25) is 0 Å². The van der Waals surface area contributed by atoms with Crippen LogP contribution in [0.15, 0.2) is 48.8 Å². The number of pyridine rings is 1. The summed E-state index contributed by atoms with van der Waals surface area (Å²) in [7, 11) is 0. The summed E-state index contributed by atoms with van der Waals surface area (Å²) in [5.74, 6) is -0.0851. The number of amides is 1. The molecule has 20 heavy (non-hydrogen) atoms. The number of imidazole rings is 1. The van der Waals surface area contributed by atoms with Crippen LogP contribution in [0.25, 0.3) is 5.65 Å². The number of aryl methyl sites for hydroxylation is 1. The summed E-state index contributed by atoms with van der Waals surface area (Å²) in [5, 5.41) is 12.0. The lowest BCUT2D eigenvalue weighted by molar-refractivity contribution is 0.102. The Morgan fingerprint density at radius 1 is 1.15 bits per heavy atom. The first-order valence-corrected chi connectivity index (χ1v) is 6.17. The number of rotatable bonds is 2. The molecule has 0 fully saturated rings. The van der Waals surface area contributed by atoms with E-state index in [0.29, 0.717) is 11.3 Å². The number of nitrogens with one attached hydrogen (secondary N) is 1. The number of phenolic OH excluding ortho intramolecular Hbond substituents is 1. The number of fused-ring (bicyclic) bond motifs is 1. The van der Waals surface area contributed by atoms with E-state index >= 15 is 0 Å². The number of anilines is 1. The van der Waals surface area contributed by atoms with Crippen molar-refractivity contribution in [2.24, 2.45) is 0 Å². The van der Waals surface area contributed by atoms with Gasteiger partial charge in [0.15, 0.2) is 0 Å². The third kappa shape index (κ3) is 2.33. The molecule has 0 spiro atoms. The molecule has 0 saturated carbocycles. The predicted molar refractivity (Wildman–Crippen MR) is 76.0 cm³/mol. The van der Waals surface area contributed by atoms with Gasteiger partial charge in [-0.3, -0.25) is 4.79 Å². The molecule has 0 aliphatic carbocycles. The molecule has 2 N–H and O–H groups in total. The summed E-state index contributed by atoms with van der Waals surface area (Å²) in [6.07, 6.45) is 3.71. The summed E-state index contributed by atoms with van der Waals surface area (Å²) >= 11 is 0. The van der Waals surface area contributed by atoms with E-state index in [-0.39, 0.29) is 11.7 Å². The van der Waals surface area contributed by atoms with Crippen LogP contribution in [0, 0.1) is 6.92 Å². The number of carbonyl (C=O) groups excluding carboxylic acids is 1. The summed E-state index contributed by atoms with van der Waals surface area (Å²) < 4.78 is 1.86. The number of nitrogens with zero attached hydrogens (tertiary/aromatic N) is 2. The zero-order chi connectivity index (χ0) is 14.1. The molecule has 0 saturated heterocycles. The Labute approximate surface area is 115 Å². The fourth-order valence-electron chi connectivity index (χ4n) is 2.01. The van der Waals surface area contributed by atoms with E-state index < -0.39 is 0 Å². The minimum Gasteiger partial charge on any atom is -0.508 e. The number of hydrogen-bond acceptors (Lipinski definition) is 3. The maximum atomic E-state index is 12.0. The van der Waals surface area contributed by atoms with E-state index in [1.54, 1.807) is 18.2 Å². The van der Waals surface area contributed by atoms with E-state index in [1.807, 2.05) is 29.8 Å². The number of benzene rings is 1. The van der Waals surface area contributed by atoms with Crippen molar-refractivity contribution in [3.63, 3.8) is 0 Å². The number of carbonyl (C=O) groups is 1. The van der Waals surface area contributed by atoms with Gasteiger partial charge in [-0.25, -0.2) is 4.98 Å². The maximum Gasteiger partial charge on any atom is 0.255 e. The molecule has 3 aromatic rings. The lowest BCUT2D eigenvalue weighted by Crippen LogP contribution is -2.11. The van der Waals surface area contributed by atoms with Gasteiger partial charge in [-0.15, -0.1) is 0 Å². The second-order valence-corrected chi connectivity index (χ2v) is 4.57. The zero-order valence-electron chi connectivity index (χ0n) is 10.9. The molecule has 0 unspecified atom stereocenters. The first-order valence-electron chi connectivity index (χ1n) is 6.17. The van der Waals surface area contributed by atoms with E-state index in [0.717, 1.165) is 11.3 Å². The highest BCUT2D eigenvalue weighted by molar-refractivity contribution is 6.04. The Hall–Kier alpha value is -2.82. The highest BCUT2D eigenvalue weighted by Crippen LogP contribution is 2.14. The van der Waals surface area contributed by atoms with Crippen LogP contribution in [0.5, 0.6) is 5.75 Å². The van der Waals surface area contributed by atoms with Gasteiger partial charge in [0.25, 0.3) is 5.91 Å². The van der Waals surface area contributed by atoms with Crippen LogP contribution in [-0.4, -0.2) is 20.4 Å². The SMILES string of the molecule is Cc1cn2cc(NC(=O)c3ccc(O)cc3)ccc2n1. The van der Waals surface area contributed by atoms with Crippen molar-refractivity contribution in [2.45, 2.75) is 6.92 Å². The Bertz CT molecular complexity index is 775. The average Bonchev–Trinajstić information content (AvgIpc) is 2.78. The fraction of sp³-hybridized carbons (Fsp3) is 0.0667. The molecule has 0 bridgehead atoms. The molecular formula is C15H13N3O2. The second kappa shape index (κ2) is 4.70. The van der Waals surface area contributed by atoms with Crippen molar-refractivity contribution < 1.29 is 9.90 Å². The highest BCUT2D eigenvalue weighted by Gasteiger charge is 2.07. The molecule has 1 amide bonds. The molecule has 5 heteroatoms. The van der Waals surface area contributed by atoms with Gasteiger partial charge < -0.3 is 14.8 Å². The largest absolute Gasteiger partial charge is 0.508 e. The Morgan fingerprint density at radius 2 is 1.90 bits per heavy atom. The molecule has 0 atom stereocenters. The molecule has 1 aromatic carbocycles. The number of aromatic hydroxyl groups is 1. The molecular weight excluding hydrogens is 254 g/mol. The number of hydrogen-bond donors (Lipinski definition) is 2. The van der Waals surface area contributed by atoms with Crippen molar-refractivity contribution in [1.82, 2.24) is 9.38 Å². The van der Waals surface area contributed by atoms with Crippen molar-refractivity contribution in [1.29, 1.82) is 0 Å². The van der Waals surface area contributed by atoms with Crippen LogP contribution in [0.1, 0.15) is 16.1 Å². The molecule has 2 heterocycles. The minimum absolute atomic E-state index is 0.136. The third-order valence-electron chi connectivity index (χ3n) is 2.96. The lowest BCUT2D eigenvalue weighted by Gasteiger charge is -2.06. The van der Waals surface area contributed by atoms with Crippen LogP contribution in [0.3, 0.4) is 0 Å². The fourth-order valence-corrected chi connectivity index (χ4v) is 2.01. The second-order valence-electron chi connectivity index (χ2n) is 4.57. The van der Waals surface area contributed by atoms with Crippen LogP contribution in [0.4, 0.5) is 5.69 Å². The van der Waals surface area contributed by atoms with E-state index in [4.69, 9.17) is 0 Å². The van der Waals surface area contributed by atoms with Crippen molar-refractivity contribution in [2.75, 3.05) is 5.32 Å². The monoisotopic (exact) mass is 267 g/mol. The normalized spacial score (nSPS) is 10.7. The molecule has 3 rings (SSSR count). The standard InChI is InChI=1S/C15H13N3O2/c1-10-8-18-9-12(4-7-14(18)16-10)17-15(20)11-2-5-13(19)6-3-11/h2-9,19H,1H3,(H,17,20). The lowest BCUT2D eigenvalue weighted by atomic mass is 10.2. The Balaban J connectivity index is 1.84. The summed E-state index contributed by atoms with van der Waals surface area (Å²) in [5.41, 5.74) is 2.94. The average molecular weight is 267 g/mol. The quantitative estimate of drug-likeness (QED) is 0.750. The van der Waals surface area contributed by atoms with Gasteiger partial charge >= 0.3 is 0 Å². The van der Waals surface area contributed by atoms with Gasteiger partial charge in [0.1, 0.15) is 11.4 Å². The van der Waals surface area contributed by atoms with E-state index in [9.17, 15) is 9.90 Å². The minimum atomic E-state index is -0.221. The van der Waals surface area contributed by atoms with Crippen LogP contribution >= 0.6 is 0 Å². The van der Waals surface area contributed by atoms with Crippen LogP contribution < -0.4 is 5.32 Å². The van der Waals surface area contributed by atoms with Crippen molar-refractivity contribution >= 4 is 17.2 Å². The maximum absolute atomic E-state index is 12.0. The number of aromatic nitrogens is 2. The molecule has 2 aromatic heterocycles. The van der Waals surface area contributed by atoms with Crippen LogP contribution in [-0.2, 0) is 0 Å². The van der Waals surface area contributed by atoms with Crippen LogP contribution in [0.2, 0.25) is 0 Å². The smallest absolute Gasteiger partial charge is 0.255 e. The molecule has 100 valence electrons. The van der Waals surface area contributed by atoms with E-state index in [2.05, 4.69) is 10.3 Å². The topological polar surface area (TPSA) is 66.6 Å². The summed E-state index contributed by atoms with van der Waals surface area (Å²) in [4.78, 5) is 16.4. The predicted octanol–water partition coefficient (Wildman–Crippen LogP) is 2.60. The number of phenols is 1. The van der Waals surface area contributed by atoms with Gasteiger partial charge in [-0.2, -0.15) is 0 Å². The van der Waals surface area contributed by atoms with Gasteiger partial charge in [0, 0.05) is 18.0 Å². The third-order valence-corrected chi connectivity index (χ3v) is 2.96. The molecule has 5 nitrogen and oxygen atoms in total. The Kier molecular flexibility index (Phi) is 2.87. The van der Waals surface area contributed by atoms with Gasteiger partial charge in [-0.05, 0) is 43.3 Å². The van der Waals surface area contributed by atoms with Gasteiger partial charge in [0.05, 0.1) is 11.4 Å². The molecule has 0 aliphatic heterocycles. The van der Waals surface area contributed by atoms with Gasteiger partial charge in [-0.1, -0.05) is 0 Å². The zero-order valence-corrected chi connectivity index (χ0v) is 10.9. The first kappa shape index (κ1) is 12.2. The highest BCUT2D eigenvalue weighted by atomic mass is 16.3. The van der Waals surface area contributed by atoms with Crippen molar-refractivity contribution in [3.8, 4) is 5.75 Å². The van der Waals surface area contributed by atoms with Crippen molar-refractivity contribution in [3.05, 3.63) is 60.0 Å². The summed E-state index contributed by atoms with van der Waals surface area (Å²) in [6, 6.07) is 9.77. The first-order chi connectivity index (χ1) is 9.61. The summed E-state index contributed by atoms with van der Waals surface area (Å²) in [6.45, 7) is 1.92. The van der Waals surface area contributed by atoms with E-state index in [1.165, 1.54) is 12.1 Å². The molecule has 0 radical (unpaired) electrons. The Morgan fingerprint density at radius 3 is 2.65 bits per heavy atom.